The summed E-state index contributed by atoms with van der Waals surface area (Å²) in [6.07, 6.45) is -7.59. The van der Waals surface area contributed by atoms with E-state index in [4.69, 9.17) is 47.4 Å². The lowest BCUT2D eigenvalue weighted by atomic mass is 9.66. The van der Waals surface area contributed by atoms with Crippen molar-refractivity contribution in [2.75, 3.05) is 61.4 Å². The number of rotatable bonds is 9. The van der Waals surface area contributed by atoms with Gasteiger partial charge in [0.05, 0.1) is 39.5 Å². The zero-order chi connectivity index (χ0) is 35.3. The predicted octanol–water partition coefficient (Wildman–Crippen LogP) is 1.28. The first kappa shape index (κ1) is 34.5. The first-order chi connectivity index (χ1) is 24.1. The standard InChI is InChI=1S/C34H42N2O14/c1-15-43-13-24-31(47-15)27(37)28(38)33(48-24)49-29-18-11-21-20(45-14-46-21)10-17(18)25(26-19(29)12-44-32(26)39)16-8-22(41-4)30(23(9-16)42-5)50-34(40)36(3)7-6-35-2/h8-11,15,19,24-29,31,33,35,37-38H,6-7,12-14H2,1-5H3/t15-,19+,24-,25-,26+,27-,28-,29-,31-,33+/m1/s1. The molecule has 0 unspecified atom stereocenters. The van der Waals surface area contributed by atoms with Gasteiger partial charge in [-0.05, 0) is 54.9 Å². The van der Waals surface area contributed by atoms with Crippen LogP contribution in [-0.4, -0.2) is 126 Å². The molecule has 2 aromatic rings. The Bertz CT molecular complexity index is 1580. The molecule has 3 saturated heterocycles. The van der Waals surface area contributed by atoms with Crippen LogP contribution in [0.25, 0.3) is 0 Å². The number of ether oxygens (including phenoxy) is 10. The Morgan fingerprint density at radius 1 is 0.980 bits per heavy atom. The molecule has 3 fully saturated rings. The summed E-state index contributed by atoms with van der Waals surface area (Å²) in [5.74, 6) is -0.942. The number of benzene rings is 2. The Morgan fingerprint density at radius 2 is 1.68 bits per heavy atom. The zero-order valence-electron chi connectivity index (χ0n) is 28.4. The van der Waals surface area contributed by atoms with Gasteiger partial charge in [-0.1, -0.05) is 0 Å². The summed E-state index contributed by atoms with van der Waals surface area (Å²) in [6, 6.07) is 7.01. The second-order valence-electron chi connectivity index (χ2n) is 12.9. The molecule has 16 heteroatoms. The summed E-state index contributed by atoms with van der Waals surface area (Å²) in [6.45, 7) is 2.83. The largest absolute Gasteiger partial charge is 0.493 e. The van der Waals surface area contributed by atoms with Gasteiger partial charge in [-0.25, -0.2) is 4.79 Å². The van der Waals surface area contributed by atoms with Crippen molar-refractivity contribution >= 4 is 12.1 Å². The fourth-order valence-electron chi connectivity index (χ4n) is 7.36. The molecule has 7 rings (SSSR count). The lowest BCUT2D eigenvalue weighted by molar-refractivity contribution is -0.364. The molecule has 0 radical (unpaired) electrons. The summed E-state index contributed by atoms with van der Waals surface area (Å²) in [4.78, 5) is 28.0. The third kappa shape index (κ3) is 6.08. The normalized spacial score (nSPS) is 32.3. The van der Waals surface area contributed by atoms with Crippen molar-refractivity contribution in [3.05, 3.63) is 41.0 Å². The van der Waals surface area contributed by atoms with Crippen LogP contribution in [0.2, 0.25) is 0 Å². The number of carbonyl (C=O) groups is 2. The van der Waals surface area contributed by atoms with Crippen LogP contribution in [-0.2, 0) is 28.5 Å². The van der Waals surface area contributed by atoms with Crippen LogP contribution in [0.1, 0.15) is 35.6 Å². The van der Waals surface area contributed by atoms with Gasteiger partial charge >= 0.3 is 12.1 Å². The molecule has 5 aliphatic rings. The fourth-order valence-corrected chi connectivity index (χ4v) is 7.36. The molecule has 16 nitrogen and oxygen atoms in total. The minimum atomic E-state index is -1.46. The Morgan fingerprint density at radius 3 is 2.36 bits per heavy atom. The molecule has 3 N–H and O–H groups in total. The van der Waals surface area contributed by atoms with Crippen molar-refractivity contribution in [2.45, 2.75) is 55.9 Å². The Kier molecular flexibility index (Phi) is 9.69. The maximum Gasteiger partial charge on any atom is 0.415 e. The van der Waals surface area contributed by atoms with Crippen LogP contribution < -0.4 is 29.0 Å². The molecule has 10 atom stereocenters. The van der Waals surface area contributed by atoms with Crippen molar-refractivity contribution in [2.24, 2.45) is 11.8 Å². The summed E-state index contributed by atoms with van der Waals surface area (Å²) in [5, 5.41) is 25.2. The first-order valence-corrected chi connectivity index (χ1v) is 16.5. The SMILES string of the molecule is CNCCN(C)C(=O)Oc1c(OC)cc([C@@H]2c3cc4c(cc3[C@@H](O[C@@H]3O[C@@H]5CO[C@@H](C)O[C@H]5[C@H](O)[C@H]3O)[C@H]3COC(=O)[C@H]23)OCO4)cc1OC. The molecular weight excluding hydrogens is 660 g/mol. The fraction of sp³-hybridized carbons (Fsp3) is 0.588. The smallest absolute Gasteiger partial charge is 0.415 e. The molecule has 4 aliphatic heterocycles. The average molecular weight is 703 g/mol. The quantitative estimate of drug-likeness (QED) is 0.318. The number of fused-ring (bicyclic) bond motifs is 4. The molecule has 0 aromatic heterocycles. The average Bonchev–Trinajstić information content (AvgIpc) is 3.74. The Hall–Kier alpha value is -3.90. The van der Waals surface area contributed by atoms with Crippen LogP contribution in [0.3, 0.4) is 0 Å². The van der Waals surface area contributed by atoms with Crippen molar-refractivity contribution in [1.82, 2.24) is 10.2 Å². The van der Waals surface area contributed by atoms with Gasteiger partial charge < -0.3 is 67.8 Å². The highest BCUT2D eigenvalue weighted by atomic mass is 16.8. The molecule has 2 aromatic carbocycles. The van der Waals surface area contributed by atoms with E-state index in [2.05, 4.69) is 5.32 Å². The summed E-state index contributed by atoms with van der Waals surface area (Å²) in [7, 11) is 6.30. The van der Waals surface area contributed by atoms with Crippen molar-refractivity contribution in [3.8, 4) is 28.7 Å². The maximum atomic E-state index is 13.7. The number of aliphatic hydroxyl groups is 2. The van der Waals surface area contributed by atoms with E-state index in [9.17, 15) is 19.8 Å². The highest BCUT2D eigenvalue weighted by Crippen LogP contribution is 2.57. The van der Waals surface area contributed by atoms with Crippen LogP contribution in [0, 0.1) is 11.8 Å². The van der Waals surface area contributed by atoms with Gasteiger partial charge in [0.1, 0.15) is 24.4 Å². The van der Waals surface area contributed by atoms with Gasteiger partial charge in [-0.15, -0.1) is 0 Å². The number of likely N-dealkylation sites (N-methyl/N-ethyl adjacent to an activating group) is 2. The van der Waals surface area contributed by atoms with E-state index in [1.165, 1.54) is 19.1 Å². The number of methoxy groups -OCH3 is 2. The second-order valence-corrected chi connectivity index (χ2v) is 12.9. The highest BCUT2D eigenvalue weighted by Gasteiger charge is 2.56. The van der Waals surface area contributed by atoms with Gasteiger partial charge in [-0.2, -0.15) is 0 Å². The number of hydrogen-bond acceptors (Lipinski definition) is 15. The van der Waals surface area contributed by atoms with E-state index in [0.29, 0.717) is 41.3 Å². The second kappa shape index (κ2) is 14.0. The van der Waals surface area contributed by atoms with E-state index in [0.717, 1.165) is 0 Å². The van der Waals surface area contributed by atoms with Crippen LogP contribution in [0.5, 0.6) is 28.7 Å². The Balaban J connectivity index is 1.27. The number of nitrogens with zero attached hydrogens (tertiary/aromatic N) is 1. The molecule has 1 aliphatic carbocycles. The highest BCUT2D eigenvalue weighted by molar-refractivity contribution is 5.79. The molecule has 50 heavy (non-hydrogen) atoms. The van der Waals surface area contributed by atoms with Crippen LogP contribution in [0.15, 0.2) is 24.3 Å². The monoisotopic (exact) mass is 702 g/mol. The molecule has 272 valence electrons. The van der Waals surface area contributed by atoms with E-state index >= 15 is 0 Å². The lowest BCUT2D eigenvalue weighted by Crippen LogP contribution is -2.63. The number of amides is 1. The van der Waals surface area contributed by atoms with Gasteiger partial charge in [-0.3, -0.25) is 4.79 Å². The third-order valence-electron chi connectivity index (χ3n) is 9.93. The van der Waals surface area contributed by atoms with Gasteiger partial charge in [0, 0.05) is 32.0 Å². The molecular formula is C34H42N2O14. The zero-order valence-corrected chi connectivity index (χ0v) is 28.4. The van der Waals surface area contributed by atoms with E-state index in [-0.39, 0.29) is 37.3 Å². The molecule has 0 bridgehead atoms. The first-order valence-electron chi connectivity index (χ1n) is 16.5. The molecule has 0 saturated carbocycles. The lowest BCUT2D eigenvalue weighted by Gasteiger charge is -2.47. The van der Waals surface area contributed by atoms with Crippen molar-refractivity contribution in [1.29, 1.82) is 0 Å². The van der Waals surface area contributed by atoms with Gasteiger partial charge in [0.25, 0.3) is 0 Å². The molecule has 1 amide bonds. The van der Waals surface area contributed by atoms with Gasteiger partial charge in [0.15, 0.2) is 35.6 Å². The van der Waals surface area contributed by atoms with E-state index < -0.39 is 72.9 Å². The third-order valence-corrected chi connectivity index (χ3v) is 9.93. The minimum absolute atomic E-state index is 0.00588. The summed E-state index contributed by atoms with van der Waals surface area (Å²) >= 11 is 0. The number of hydrogen-bond donors (Lipinski definition) is 3. The number of nitrogens with one attached hydrogen (secondary N) is 1. The number of cyclic esters (lactones) is 1. The minimum Gasteiger partial charge on any atom is -0.493 e. The van der Waals surface area contributed by atoms with E-state index in [1.54, 1.807) is 45.3 Å². The number of carbonyl (C=O) groups excluding carboxylic acids is 2. The molecule has 0 spiro atoms. The topological polar surface area (TPSA) is 182 Å². The molecule has 4 heterocycles. The van der Waals surface area contributed by atoms with Crippen molar-refractivity contribution < 1.29 is 67.2 Å². The van der Waals surface area contributed by atoms with Crippen LogP contribution in [0.4, 0.5) is 4.79 Å². The maximum absolute atomic E-state index is 13.7. The van der Waals surface area contributed by atoms with Crippen molar-refractivity contribution in [3.63, 3.8) is 0 Å². The summed E-state index contributed by atoms with van der Waals surface area (Å²) in [5.41, 5.74) is 1.93. The van der Waals surface area contributed by atoms with Gasteiger partial charge in [0.2, 0.25) is 12.5 Å². The Labute approximate surface area is 288 Å². The number of esters is 1. The predicted molar refractivity (Wildman–Crippen MR) is 169 cm³/mol. The van der Waals surface area contributed by atoms with E-state index in [1.807, 2.05) is 0 Å². The summed E-state index contributed by atoms with van der Waals surface area (Å²) < 4.78 is 58.3. The van der Waals surface area contributed by atoms with Crippen LogP contribution >= 0.6 is 0 Å². The number of aliphatic hydroxyl groups excluding tert-OH is 2.